The first-order chi connectivity index (χ1) is 21.3. The fourth-order valence-corrected chi connectivity index (χ4v) is 5.36. The molecule has 4 rings (SSSR count). The summed E-state index contributed by atoms with van der Waals surface area (Å²) >= 11 is 6.04. The highest BCUT2D eigenvalue weighted by molar-refractivity contribution is 7.89. The Morgan fingerprint density at radius 3 is 1.58 bits per heavy atom. The number of sulfonamides is 2. The van der Waals surface area contributed by atoms with Crippen LogP contribution in [0.3, 0.4) is 0 Å². The van der Waals surface area contributed by atoms with Crippen LogP contribution in [0.2, 0.25) is 5.02 Å². The zero-order chi connectivity index (χ0) is 32.8. The van der Waals surface area contributed by atoms with E-state index in [1.807, 2.05) is 0 Å². The predicted molar refractivity (Wildman–Crippen MR) is 174 cm³/mol. The van der Waals surface area contributed by atoms with Crippen LogP contribution in [0.5, 0.6) is 0 Å². The summed E-state index contributed by atoms with van der Waals surface area (Å²) < 4.78 is 67.1. The van der Waals surface area contributed by atoms with Crippen molar-refractivity contribution >= 4 is 66.3 Å². The first-order valence-electron chi connectivity index (χ1n) is 13.1. The number of anilines is 4. The summed E-state index contributed by atoms with van der Waals surface area (Å²) in [5, 5.41) is 11.8. The van der Waals surface area contributed by atoms with Gasteiger partial charge in [-0.1, -0.05) is 35.9 Å². The Hall–Kier alpha value is -4.48. The number of nitrogens with one attached hydrogen (secondary N) is 5. The van der Waals surface area contributed by atoms with Gasteiger partial charge in [-0.25, -0.2) is 30.7 Å². The van der Waals surface area contributed by atoms with Gasteiger partial charge in [0.1, 0.15) is 5.82 Å². The van der Waals surface area contributed by atoms with E-state index >= 15 is 0 Å². The van der Waals surface area contributed by atoms with E-state index in [9.17, 15) is 21.2 Å². The monoisotopic (exact) mass is 673 g/mol. The van der Waals surface area contributed by atoms with Gasteiger partial charge in [-0.15, -0.1) is 0 Å². The molecular formula is C28H29ClFN9O4S2. The second-order valence-corrected chi connectivity index (χ2v) is 13.5. The number of rotatable bonds is 12. The van der Waals surface area contributed by atoms with Gasteiger partial charge < -0.3 is 5.32 Å². The molecule has 0 atom stereocenters. The minimum Gasteiger partial charge on any atom is -0.321 e. The van der Waals surface area contributed by atoms with Crippen LogP contribution in [-0.2, 0) is 20.0 Å². The lowest BCUT2D eigenvalue weighted by molar-refractivity contribution is 0.586. The standard InChI is InChI=1S/C28H29ClFN9O4S2/c1-17(19-5-10-22(11-6-19)44(40,41)31-3)36-38-26-16-27(35-28(34-26)33-25-15-21(29)9-14-24(25)30)39-37-18(2)20-7-12-23(13-8-20)45(42,43)32-4/h5-16,31-32H,1-4H3,(H3,33,34,35,38,39). The molecule has 0 saturated carbocycles. The van der Waals surface area contributed by atoms with Crippen LogP contribution in [0.15, 0.2) is 92.8 Å². The van der Waals surface area contributed by atoms with Crippen molar-refractivity contribution < 1.29 is 21.2 Å². The smallest absolute Gasteiger partial charge is 0.240 e. The second-order valence-electron chi connectivity index (χ2n) is 9.29. The number of nitrogens with zero attached hydrogens (tertiary/aromatic N) is 4. The summed E-state index contributed by atoms with van der Waals surface area (Å²) in [4.78, 5) is 8.94. The molecule has 0 saturated heterocycles. The van der Waals surface area contributed by atoms with Crippen LogP contribution in [0.4, 0.5) is 27.7 Å². The molecule has 13 nitrogen and oxygen atoms in total. The zero-order valence-corrected chi connectivity index (χ0v) is 26.8. The molecule has 0 fully saturated rings. The number of halogens is 2. The SMILES string of the molecule is CNS(=O)(=O)c1ccc(C(C)=NNc2cc(NN=C(C)c3ccc(S(=O)(=O)NC)cc3)nc(Nc3cc(Cl)ccc3F)n2)cc1. The Bertz CT molecular complexity index is 1860. The van der Waals surface area contributed by atoms with E-state index < -0.39 is 25.9 Å². The molecule has 4 aromatic rings. The minimum atomic E-state index is -3.58. The molecule has 236 valence electrons. The zero-order valence-electron chi connectivity index (χ0n) is 24.4. The molecule has 0 spiro atoms. The van der Waals surface area contributed by atoms with Gasteiger partial charge in [-0.3, -0.25) is 10.9 Å². The molecular weight excluding hydrogens is 645 g/mol. The van der Waals surface area contributed by atoms with Gasteiger partial charge in [0.05, 0.1) is 26.9 Å². The summed E-state index contributed by atoms with van der Waals surface area (Å²) in [5.41, 5.74) is 8.04. The second kappa shape index (κ2) is 14.1. The van der Waals surface area contributed by atoms with Crippen molar-refractivity contribution in [3.63, 3.8) is 0 Å². The molecule has 45 heavy (non-hydrogen) atoms. The third-order valence-corrected chi connectivity index (χ3v) is 9.38. The van der Waals surface area contributed by atoms with E-state index in [1.54, 1.807) is 38.1 Å². The molecule has 17 heteroatoms. The largest absolute Gasteiger partial charge is 0.321 e. The summed E-state index contributed by atoms with van der Waals surface area (Å²) in [6, 6.07) is 17.8. The van der Waals surface area contributed by atoms with E-state index in [1.165, 1.54) is 62.6 Å². The lowest BCUT2D eigenvalue weighted by atomic mass is 10.1. The molecule has 0 radical (unpaired) electrons. The van der Waals surface area contributed by atoms with Gasteiger partial charge >= 0.3 is 0 Å². The van der Waals surface area contributed by atoms with E-state index in [4.69, 9.17) is 11.6 Å². The van der Waals surface area contributed by atoms with Gasteiger partial charge in [-0.05, 0) is 81.5 Å². The van der Waals surface area contributed by atoms with Crippen LogP contribution in [0.25, 0.3) is 0 Å². The highest BCUT2D eigenvalue weighted by Gasteiger charge is 2.13. The van der Waals surface area contributed by atoms with Crippen LogP contribution in [0, 0.1) is 5.82 Å². The van der Waals surface area contributed by atoms with Crippen molar-refractivity contribution in [2.75, 3.05) is 30.3 Å². The topological polar surface area (TPSA) is 179 Å². The lowest BCUT2D eigenvalue weighted by Gasteiger charge is -2.11. The Labute approximate surface area is 265 Å². The van der Waals surface area contributed by atoms with E-state index in [-0.39, 0.29) is 33.1 Å². The van der Waals surface area contributed by atoms with Crippen molar-refractivity contribution in [2.24, 2.45) is 10.2 Å². The molecule has 0 unspecified atom stereocenters. The first-order valence-corrected chi connectivity index (χ1v) is 16.5. The molecule has 0 amide bonds. The Kier molecular flexibility index (Phi) is 10.5. The number of hydrogen-bond acceptors (Lipinski definition) is 11. The van der Waals surface area contributed by atoms with E-state index in [0.29, 0.717) is 27.6 Å². The van der Waals surface area contributed by atoms with Crippen molar-refractivity contribution in [3.05, 3.63) is 94.8 Å². The van der Waals surface area contributed by atoms with Crippen molar-refractivity contribution in [1.29, 1.82) is 0 Å². The fraction of sp³-hybridized carbons (Fsp3) is 0.143. The fourth-order valence-electron chi connectivity index (χ4n) is 3.73. The molecule has 0 aliphatic rings. The van der Waals surface area contributed by atoms with Gasteiger partial charge in [-0.2, -0.15) is 20.2 Å². The predicted octanol–water partition coefficient (Wildman–Crippen LogP) is 4.50. The van der Waals surface area contributed by atoms with E-state index in [0.717, 1.165) is 0 Å². The molecule has 0 bridgehead atoms. The number of hydrazone groups is 2. The Morgan fingerprint density at radius 2 is 1.16 bits per heavy atom. The normalized spacial score (nSPS) is 12.6. The quantitative estimate of drug-likeness (QED) is 0.107. The van der Waals surface area contributed by atoms with Gasteiger partial charge in [0.15, 0.2) is 11.6 Å². The van der Waals surface area contributed by atoms with Crippen molar-refractivity contribution in [1.82, 2.24) is 19.4 Å². The molecule has 1 heterocycles. The average Bonchev–Trinajstić information content (AvgIpc) is 3.04. The van der Waals surface area contributed by atoms with Crippen molar-refractivity contribution in [2.45, 2.75) is 23.6 Å². The lowest BCUT2D eigenvalue weighted by Crippen LogP contribution is -2.18. The summed E-state index contributed by atoms with van der Waals surface area (Å²) in [6.45, 7) is 3.44. The molecule has 3 aromatic carbocycles. The van der Waals surface area contributed by atoms with Crippen LogP contribution in [-0.4, -0.2) is 52.3 Å². The molecule has 0 aliphatic carbocycles. The third-order valence-electron chi connectivity index (χ3n) is 6.28. The summed E-state index contributed by atoms with van der Waals surface area (Å²) in [5.74, 6) is -0.167. The highest BCUT2D eigenvalue weighted by atomic mass is 35.5. The number of aromatic nitrogens is 2. The molecule has 5 N–H and O–H groups in total. The maximum Gasteiger partial charge on any atom is 0.240 e. The highest BCUT2D eigenvalue weighted by Crippen LogP contribution is 2.24. The maximum absolute atomic E-state index is 14.5. The van der Waals surface area contributed by atoms with Crippen LogP contribution < -0.4 is 25.6 Å². The van der Waals surface area contributed by atoms with Crippen molar-refractivity contribution in [3.8, 4) is 0 Å². The minimum absolute atomic E-state index is 0.00683. The molecule has 1 aromatic heterocycles. The summed E-state index contributed by atoms with van der Waals surface area (Å²) in [6.07, 6.45) is 0. The first kappa shape index (κ1) is 33.4. The van der Waals surface area contributed by atoms with Crippen LogP contribution >= 0.6 is 11.6 Å². The third kappa shape index (κ3) is 8.58. The van der Waals surface area contributed by atoms with Crippen LogP contribution in [0.1, 0.15) is 25.0 Å². The number of benzene rings is 3. The number of hydrogen-bond donors (Lipinski definition) is 5. The Morgan fingerprint density at radius 1 is 0.711 bits per heavy atom. The summed E-state index contributed by atoms with van der Waals surface area (Å²) in [7, 11) is -4.51. The van der Waals surface area contributed by atoms with Gasteiger partial charge in [0.2, 0.25) is 26.0 Å². The average molecular weight is 674 g/mol. The Balaban J connectivity index is 1.61. The van der Waals surface area contributed by atoms with E-state index in [2.05, 4.69) is 45.8 Å². The van der Waals surface area contributed by atoms with Gasteiger partial charge in [0, 0.05) is 11.1 Å². The maximum atomic E-state index is 14.5. The molecule has 0 aliphatic heterocycles. The van der Waals surface area contributed by atoms with Gasteiger partial charge in [0.25, 0.3) is 0 Å².